The lowest BCUT2D eigenvalue weighted by molar-refractivity contribution is -0.129. The van der Waals surface area contributed by atoms with E-state index in [4.69, 9.17) is 4.74 Å². The van der Waals surface area contributed by atoms with Gasteiger partial charge in [-0.1, -0.05) is 32.3 Å². The Morgan fingerprint density at radius 1 is 1.33 bits per heavy atom. The lowest BCUT2D eigenvalue weighted by Gasteiger charge is -2.19. The normalized spacial score (nSPS) is 21.8. The second-order valence-electron chi connectivity index (χ2n) is 6.73. The fourth-order valence-corrected chi connectivity index (χ4v) is 3.62. The van der Waals surface area contributed by atoms with E-state index in [-0.39, 0.29) is 5.88 Å². The number of rotatable bonds is 7. The van der Waals surface area contributed by atoms with Crippen molar-refractivity contribution in [1.82, 2.24) is 14.9 Å². The van der Waals surface area contributed by atoms with Crippen LogP contribution in [0.3, 0.4) is 0 Å². The molecule has 6 heteroatoms. The summed E-state index contributed by atoms with van der Waals surface area (Å²) < 4.78 is 4.92. The fourth-order valence-electron chi connectivity index (χ4n) is 3.62. The topological polar surface area (TPSA) is 67.3 Å². The Kier molecular flexibility index (Phi) is 5.80. The van der Waals surface area contributed by atoms with Crippen LogP contribution in [-0.2, 0) is 4.79 Å². The molecule has 1 saturated heterocycles. The molecule has 0 aromatic carbocycles. The number of hydrogen-bond donors (Lipinski definition) is 1. The third kappa shape index (κ3) is 4.77. The van der Waals surface area contributed by atoms with Crippen LogP contribution in [0.1, 0.15) is 38.5 Å². The number of anilines is 1. The van der Waals surface area contributed by atoms with Crippen molar-refractivity contribution in [2.75, 3.05) is 25.0 Å². The van der Waals surface area contributed by atoms with Gasteiger partial charge in [-0.2, -0.15) is 0 Å². The van der Waals surface area contributed by atoms with Crippen LogP contribution in [0.5, 0.6) is 5.88 Å². The summed E-state index contributed by atoms with van der Waals surface area (Å²) in [6.07, 6.45) is 12.3. The Bertz CT molecular complexity index is 555. The summed E-state index contributed by atoms with van der Waals surface area (Å²) >= 11 is 0. The van der Waals surface area contributed by atoms with Crippen molar-refractivity contribution in [1.29, 1.82) is 0 Å². The third-order valence-corrected chi connectivity index (χ3v) is 4.95. The SMILES string of the molecule is C=CC(=O)Oc1cnc(N[C@@H]2CCN(CCC3CCCC3)C2)cn1. The molecule has 0 spiro atoms. The summed E-state index contributed by atoms with van der Waals surface area (Å²) in [6, 6.07) is 0.407. The molecule has 2 aliphatic rings. The second kappa shape index (κ2) is 8.24. The van der Waals surface area contributed by atoms with Gasteiger partial charge in [0.1, 0.15) is 5.82 Å². The number of nitrogens with zero attached hydrogens (tertiary/aromatic N) is 3. The zero-order valence-electron chi connectivity index (χ0n) is 14.1. The van der Waals surface area contributed by atoms with Crippen molar-refractivity contribution in [2.24, 2.45) is 5.92 Å². The van der Waals surface area contributed by atoms with Crippen molar-refractivity contribution in [3.05, 3.63) is 25.0 Å². The van der Waals surface area contributed by atoms with E-state index in [1.807, 2.05) is 0 Å². The van der Waals surface area contributed by atoms with Gasteiger partial charge in [0.25, 0.3) is 0 Å². The smallest absolute Gasteiger partial charge is 0.336 e. The Labute approximate surface area is 143 Å². The Morgan fingerprint density at radius 3 is 2.88 bits per heavy atom. The molecule has 1 aliphatic heterocycles. The zero-order valence-corrected chi connectivity index (χ0v) is 14.1. The minimum atomic E-state index is -0.529. The van der Waals surface area contributed by atoms with E-state index in [9.17, 15) is 4.79 Å². The van der Waals surface area contributed by atoms with E-state index in [1.165, 1.54) is 44.8 Å². The molecule has 24 heavy (non-hydrogen) atoms. The van der Waals surface area contributed by atoms with Gasteiger partial charge in [0.15, 0.2) is 0 Å². The van der Waals surface area contributed by atoms with Crippen LogP contribution in [0.2, 0.25) is 0 Å². The molecule has 1 atom stereocenters. The lowest BCUT2D eigenvalue weighted by atomic mass is 10.0. The minimum Gasteiger partial charge on any atom is -0.403 e. The predicted octanol–water partition coefficient (Wildman–Crippen LogP) is 2.63. The van der Waals surface area contributed by atoms with Crippen LogP contribution in [-0.4, -0.2) is 46.5 Å². The first-order valence-corrected chi connectivity index (χ1v) is 8.88. The maximum atomic E-state index is 11.1. The predicted molar refractivity (Wildman–Crippen MR) is 92.9 cm³/mol. The largest absolute Gasteiger partial charge is 0.403 e. The van der Waals surface area contributed by atoms with Gasteiger partial charge in [0.2, 0.25) is 5.88 Å². The molecule has 2 heterocycles. The van der Waals surface area contributed by atoms with Gasteiger partial charge < -0.3 is 15.0 Å². The summed E-state index contributed by atoms with van der Waals surface area (Å²) in [5.74, 6) is 1.33. The van der Waals surface area contributed by atoms with Crippen LogP contribution < -0.4 is 10.1 Å². The summed E-state index contributed by atoms with van der Waals surface area (Å²) in [7, 11) is 0. The van der Waals surface area contributed by atoms with Gasteiger partial charge in [-0.3, -0.25) is 0 Å². The molecular formula is C18H26N4O2. The molecule has 0 amide bonds. The summed E-state index contributed by atoms with van der Waals surface area (Å²) in [5.41, 5.74) is 0. The summed E-state index contributed by atoms with van der Waals surface area (Å²) in [5, 5.41) is 3.42. The van der Waals surface area contributed by atoms with Crippen LogP contribution in [0.25, 0.3) is 0 Å². The van der Waals surface area contributed by atoms with Gasteiger partial charge in [0, 0.05) is 25.2 Å². The molecule has 2 fully saturated rings. The molecule has 0 radical (unpaired) electrons. The quantitative estimate of drug-likeness (QED) is 0.612. The van der Waals surface area contributed by atoms with Gasteiger partial charge in [-0.05, 0) is 25.3 Å². The average molecular weight is 330 g/mol. The maximum Gasteiger partial charge on any atom is 0.336 e. The van der Waals surface area contributed by atoms with Crippen LogP contribution in [0, 0.1) is 5.92 Å². The van der Waals surface area contributed by atoms with Crippen molar-refractivity contribution in [3.63, 3.8) is 0 Å². The van der Waals surface area contributed by atoms with Gasteiger partial charge in [-0.15, -0.1) is 0 Å². The molecular weight excluding hydrogens is 304 g/mol. The third-order valence-electron chi connectivity index (χ3n) is 4.95. The highest BCUT2D eigenvalue weighted by Gasteiger charge is 2.24. The summed E-state index contributed by atoms with van der Waals surface area (Å²) in [6.45, 7) is 6.77. The standard InChI is InChI=1S/C18H26N4O2/c1-2-18(23)24-17-12-19-16(11-20-17)21-15-8-10-22(13-15)9-7-14-5-3-4-6-14/h2,11-12,14-15H,1,3-10,13H2,(H,19,21)/t15-/m1/s1. The molecule has 1 aliphatic carbocycles. The number of carbonyl (C=O) groups is 1. The molecule has 1 saturated carbocycles. The van der Waals surface area contributed by atoms with E-state index in [0.29, 0.717) is 6.04 Å². The fraction of sp³-hybridized carbons (Fsp3) is 0.611. The van der Waals surface area contributed by atoms with E-state index in [0.717, 1.165) is 37.3 Å². The number of carbonyl (C=O) groups excluding carboxylic acids is 1. The van der Waals surface area contributed by atoms with Crippen LogP contribution in [0.15, 0.2) is 25.0 Å². The van der Waals surface area contributed by atoms with Crippen LogP contribution >= 0.6 is 0 Å². The molecule has 1 N–H and O–H groups in total. The van der Waals surface area contributed by atoms with Crippen molar-refractivity contribution in [3.8, 4) is 5.88 Å². The van der Waals surface area contributed by atoms with Crippen LogP contribution in [0.4, 0.5) is 5.82 Å². The van der Waals surface area contributed by atoms with Crippen molar-refractivity contribution < 1.29 is 9.53 Å². The number of likely N-dealkylation sites (tertiary alicyclic amines) is 1. The Hall–Kier alpha value is -1.95. The van der Waals surface area contributed by atoms with Gasteiger partial charge in [0.05, 0.1) is 12.4 Å². The number of ether oxygens (including phenoxy) is 1. The Morgan fingerprint density at radius 2 is 2.17 bits per heavy atom. The first-order chi connectivity index (χ1) is 11.7. The highest BCUT2D eigenvalue weighted by molar-refractivity contribution is 5.82. The van der Waals surface area contributed by atoms with Gasteiger partial charge >= 0.3 is 5.97 Å². The molecule has 6 nitrogen and oxygen atoms in total. The van der Waals surface area contributed by atoms with E-state index < -0.39 is 5.97 Å². The first-order valence-electron chi connectivity index (χ1n) is 8.88. The highest BCUT2D eigenvalue weighted by atomic mass is 16.5. The number of hydrogen-bond acceptors (Lipinski definition) is 6. The molecule has 1 aromatic heterocycles. The number of aromatic nitrogens is 2. The lowest BCUT2D eigenvalue weighted by Crippen LogP contribution is -2.28. The highest BCUT2D eigenvalue weighted by Crippen LogP contribution is 2.28. The molecule has 0 bridgehead atoms. The average Bonchev–Trinajstić information content (AvgIpc) is 3.26. The monoisotopic (exact) mass is 330 g/mol. The van der Waals surface area contributed by atoms with E-state index in [2.05, 4.69) is 26.8 Å². The van der Waals surface area contributed by atoms with Gasteiger partial charge in [-0.25, -0.2) is 14.8 Å². The Balaban J connectivity index is 1.41. The number of nitrogens with one attached hydrogen (secondary N) is 1. The maximum absolute atomic E-state index is 11.1. The second-order valence-corrected chi connectivity index (χ2v) is 6.73. The molecule has 0 unspecified atom stereocenters. The first kappa shape index (κ1) is 16.9. The summed E-state index contributed by atoms with van der Waals surface area (Å²) in [4.78, 5) is 22.0. The minimum absolute atomic E-state index is 0.190. The zero-order chi connectivity index (χ0) is 16.8. The van der Waals surface area contributed by atoms with Crippen molar-refractivity contribution >= 4 is 11.8 Å². The molecule has 1 aromatic rings. The number of esters is 1. The molecule has 3 rings (SSSR count). The van der Waals surface area contributed by atoms with E-state index in [1.54, 1.807) is 6.20 Å². The van der Waals surface area contributed by atoms with Crippen molar-refractivity contribution in [2.45, 2.75) is 44.6 Å². The molecule has 130 valence electrons. The van der Waals surface area contributed by atoms with E-state index >= 15 is 0 Å².